The van der Waals surface area contributed by atoms with Crippen molar-refractivity contribution >= 4 is 35.3 Å². The summed E-state index contributed by atoms with van der Waals surface area (Å²) in [4.78, 5) is 30.4. The maximum atomic E-state index is 14.1. The van der Waals surface area contributed by atoms with Crippen LogP contribution in [0.4, 0.5) is 10.1 Å². The van der Waals surface area contributed by atoms with E-state index in [2.05, 4.69) is 29.6 Å². The first-order valence-electron chi connectivity index (χ1n) is 12.2. The molecule has 0 bridgehead atoms. The zero-order valence-electron chi connectivity index (χ0n) is 20.2. The maximum Gasteiger partial charge on any atom is 0.264 e. The van der Waals surface area contributed by atoms with Crippen molar-refractivity contribution in [3.05, 3.63) is 100 Å². The van der Waals surface area contributed by atoms with Gasteiger partial charge in [-0.2, -0.15) is 0 Å². The van der Waals surface area contributed by atoms with Gasteiger partial charge in [0, 0.05) is 47.5 Å². The number of amides is 2. The SMILES string of the molecule is CN1C(=O)C(=Cc2ccccc2F)Sc2ccc(C(=O)NC3CC[NH+](Cc4ccccc4)CC3)cc21. The lowest BCUT2D eigenvalue weighted by Gasteiger charge is -2.30. The Kier molecular flexibility index (Phi) is 7.20. The monoisotopic (exact) mass is 502 g/mol. The molecule has 0 radical (unpaired) electrons. The molecule has 2 N–H and O–H groups in total. The molecule has 1 fully saturated rings. The van der Waals surface area contributed by atoms with Crippen molar-refractivity contribution in [3.8, 4) is 0 Å². The predicted octanol–water partition coefficient (Wildman–Crippen LogP) is 3.91. The van der Waals surface area contributed by atoms with Crippen LogP contribution >= 0.6 is 11.8 Å². The minimum Gasteiger partial charge on any atom is -0.349 e. The number of fused-ring (bicyclic) bond motifs is 1. The molecule has 2 heterocycles. The van der Waals surface area contributed by atoms with Gasteiger partial charge in [0.15, 0.2) is 0 Å². The Bertz CT molecular complexity index is 1300. The van der Waals surface area contributed by atoms with Crippen LogP contribution < -0.4 is 15.1 Å². The average molecular weight is 503 g/mol. The molecule has 0 aromatic heterocycles. The molecule has 0 unspecified atom stereocenters. The smallest absolute Gasteiger partial charge is 0.264 e. The number of halogens is 1. The summed E-state index contributed by atoms with van der Waals surface area (Å²) < 4.78 is 14.1. The van der Waals surface area contributed by atoms with E-state index in [9.17, 15) is 14.0 Å². The Balaban J connectivity index is 1.23. The molecule has 5 nitrogen and oxygen atoms in total. The highest BCUT2D eigenvalue weighted by atomic mass is 32.2. The van der Waals surface area contributed by atoms with Crippen LogP contribution in [0, 0.1) is 5.82 Å². The summed E-state index contributed by atoms with van der Waals surface area (Å²) in [6.07, 6.45) is 3.46. The highest BCUT2D eigenvalue weighted by Gasteiger charge is 2.29. The summed E-state index contributed by atoms with van der Waals surface area (Å²) in [5, 5.41) is 3.18. The predicted molar refractivity (Wildman–Crippen MR) is 141 cm³/mol. The highest BCUT2D eigenvalue weighted by Crippen LogP contribution is 2.42. The molecule has 3 aromatic rings. The van der Waals surface area contributed by atoms with Crippen LogP contribution in [0.2, 0.25) is 0 Å². The van der Waals surface area contributed by atoms with E-state index < -0.39 is 0 Å². The number of piperidine rings is 1. The van der Waals surface area contributed by atoms with Crippen molar-refractivity contribution in [2.45, 2.75) is 30.3 Å². The summed E-state index contributed by atoms with van der Waals surface area (Å²) in [7, 11) is 1.68. The number of likely N-dealkylation sites (N-methyl/N-ethyl adjacent to an activating group) is 1. The van der Waals surface area contributed by atoms with Crippen LogP contribution in [0.3, 0.4) is 0 Å². The van der Waals surface area contributed by atoms with Gasteiger partial charge in [-0.15, -0.1) is 0 Å². The number of anilines is 1. The number of hydrogen-bond acceptors (Lipinski definition) is 3. The molecule has 1 saturated heterocycles. The van der Waals surface area contributed by atoms with Gasteiger partial charge in [0.1, 0.15) is 12.4 Å². The molecule has 0 spiro atoms. The quantitative estimate of drug-likeness (QED) is 0.520. The third kappa shape index (κ3) is 5.37. The molecule has 5 rings (SSSR count). The Morgan fingerprint density at radius 3 is 2.56 bits per heavy atom. The number of quaternary nitrogens is 1. The molecule has 2 aliphatic heterocycles. The number of nitrogens with zero attached hydrogens (tertiary/aromatic N) is 1. The van der Waals surface area contributed by atoms with Crippen LogP contribution in [0.25, 0.3) is 6.08 Å². The first kappa shape index (κ1) is 24.3. The number of carbonyl (C=O) groups is 2. The van der Waals surface area contributed by atoms with Gasteiger partial charge < -0.3 is 15.1 Å². The summed E-state index contributed by atoms with van der Waals surface area (Å²) in [5.41, 5.74) is 2.94. The number of likely N-dealkylation sites (tertiary alicyclic amines) is 1. The Morgan fingerprint density at radius 2 is 1.81 bits per heavy atom. The number of hydrogen-bond donors (Lipinski definition) is 2. The maximum absolute atomic E-state index is 14.1. The lowest BCUT2D eigenvalue weighted by molar-refractivity contribution is -0.918. The van der Waals surface area contributed by atoms with Gasteiger partial charge in [0.25, 0.3) is 11.8 Å². The van der Waals surface area contributed by atoms with Crippen LogP contribution in [-0.4, -0.2) is 38.0 Å². The van der Waals surface area contributed by atoms with Crippen molar-refractivity contribution in [1.29, 1.82) is 0 Å². The first-order valence-corrected chi connectivity index (χ1v) is 13.0. The molecule has 0 saturated carbocycles. The first-order chi connectivity index (χ1) is 17.5. The molecule has 2 amide bonds. The van der Waals surface area contributed by atoms with Gasteiger partial charge in [0.2, 0.25) is 0 Å². The highest BCUT2D eigenvalue weighted by molar-refractivity contribution is 8.04. The molecule has 0 aliphatic carbocycles. The molecular weight excluding hydrogens is 473 g/mol. The van der Waals surface area contributed by atoms with E-state index in [-0.39, 0.29) is 23.7 Å². The van der Waals surface area contributed by atoms with E-state index >= 15 is 0 Å². The zero-order chi connectivity index (χ0) is 25.1. The van der Waals surface area contributed by atoms with Crippen molar-refractivity contribution in [1.82, 2.24) is 5.32 Å². The van der Waals surface area contributed by atoms with E-state index in [0.717, 1.165) is 37.4 Å². The molecule has 2 aliphatic rings. The fourth-order valence-electron chi connectivity index (χ4n) is 4.77. The van der Waals surface area contributed by atoms with E-state index in [1.165, 1.54) is 33.2 Å². The average Bonchev–Trinajstić information content (AvgIpc) is 2.90. The second-order valence-corrected chi connectivity index (χ2v) is 10.4. The summed E-state index contributed by atoms with van der Waals surface area (Å²) in [6.45, 7) is 3.06. The largest absolute Gasteiger partial charge is 0.349 e. The number of thioether (sulfide) groups is 1. The van der Waals surface area contributed by atoms with Crippen molar-refractivity contribution in [2.75, 3.05) is 25.0 Å². The Hall–Kier alpha value is -3.42. The lowest BCUT2D eigenvalue weighted by atomic mass is 10.0. The van der Waals surface area contributed by atoms with Gasteiger partial charge >= 0.3 is 0 Å². The number of benzene rings is 3. The number of nitrogens with one attached hydrogen (secondary N) is 2. The lowest BCUT2D eigenvalue weighted by Crippen LogP contribution is -3.12. The van der Waals surface area contributed by atoms with Gasteiger partial charge in [-0.1, -0.05) is 60.3 Å². The molecule has 0 atom stereocenters. The topological polar surface area (TPSA) is 53.9 Å². The van der Waals surface area contributed by atoms with Gasteiger partial charge in [0.05, 0.1) is 23.7 Å². The van der Waals surface area contributed by atoms with Gasteiger partial charge in [-0.25, -0.2) is 4.39 Å². The van der Waals surface area contributed by atoms with Gasteiger partial charge in [-0.05, 0) is 30.3 Å². The van der Waals surface area contributed by atoms with Crippen molar-refractivity contribution < 1.29 is 18.9 Å². The van der Waals surface area contributed by atoms with E-state index in [1.807, 2.05) is 12.1 Å². The molecule has 7 heteroatoms. The molecule has 3 aromatic carbocycles. The summed E-state index contributed by atoms with van der Waals surface area (Å²) in [5.74, 6) is -0.707. The van der Waals surface area contributed by atoms with Crippen molar-refractivity contribution in [2.24, 2.45) is 0 Å². The van der Waals surface area contributed by atoms with E-state index in [0.29, 0.717) is 21.7 Å². The Morgan fingerprint density at radius 1 is 1.08 bits per heavy atom. The second kappa shape index (κ2) is 10.7. The minimum absolute atomic E-state index is 0.118. The minimum atomic E-state index is -0.369. The third-order valence-electron chi connectivity index (χ3n) is 6.83. The van der Waals surface area contributed by atoms with Crippen molar-refractivity contribution in [3.63, 3.8) is 0 Å². The fourth-order valence-corrected chi connectivity index (χ4v) is 5.85. The summed E-state index contributed by atoms with van der Waals surface area (Å²) >= 11 is 1.30. The second-order valence-electron chi connectivity index (χ2n) is 9.34. The normalized spacial score (nSPS) is 20.8. The van der Waals surface area contributed by atoms with E-state index in [1.54, 1.807) is 43.5 Å². The number of rotatable bonds is 5. The Labute approximate surface area is 215 Å². The van der Waals surface area contributed by atoms with Crippen LogP contribution in [0.1, 0.15) is 34.3 Å². The van der Waals surface area contributed by atoms with Crippen LogP contribution in [0.5, 0.6) is 0 Å². The standard InChI is InChI=1S/C29H28FN3O2S/c1-32-25-17-22(11-12-26(25)36-27(29(32)35)18-21-9-5-6-10-24(21)30)28(34)31-23-13-15-33(16-14-23)19-20-7-3-2-4-8-20/h2-12,17-18,23H,13-16,19H2,1H3,(H,31,34)/p+1. The number of carbonyl (C=O) groups excluding carboxylic acids is 2. The van der Waals surface area contributed by atoms with E-state index in [4.69, 9.17) is 0 Å². The van der Waals surface area contributed by atoms with Crippen LogP contribution in [-0.2, 0) is 11.3 Å². The fraction of sp³-hybridized carbons (Fsp3) is 0.241. The summed E-state index contributed by atoms with van der Waals surface area (Å²) in [6, 6.07) is 22.5. The molecule has 36 heavy (non-hydrogen) atoms. The van der Waals surface area contributed by atoms with Gasteiger partial charge in [-0.3, -0.25) is 9.59 Å². The molecule has 184 valence electrons. The molecular formula is C29H29FN3O2S+. The third-order valence-corrected chi connectivity index (χ3v) is 7.91. The van der Waals surface area contributed by atoms with Crippen LogP contribution in [0.15, 0.2) is 82.6 Å². The zero-order valence-corrected chi connectivity index (χ0v) is 21.0.